The Labute approximate surface area is 124 Å². The highest BCUT2D eigenvalue weighted by molar-refractivity contribution is 5.95. The number of nitrogens with zero attached hydrogens (tertiary/aromatic N) is 1. The predicted molar refractivity (Wildman–Crippen MR) is 81.2 cm³/mol. The Morgan fingerprint density at radius 3 is 2.81 bits per heavy atom. The number of benzene rings is 1. The van der Waals surface area contributed by atoms with Gasteiger partial charge < -0.3 is 15.1 Å². The third-order valence-electron chi connectivity index (χ3n) is 4.17. The Morgan fingerprint density at radius 2 is 2.14 bits per heavy atom. The molecule has 0 aliphatic carbocycles. The molecule has 110 valence electrons. The van der Waals surface area contributed by atoms with Crippen molar-refractivity contribution in [3.63, 3.8) is 0 Å². The molecular weight excluding hydrogens is 264 g/mol. The first-order valence-electron chi connectivity index (χ1n) is 7.27. The van der Waals surface area contributed by atoms with Crippen LogP contribution in [0.3, 0.4) is 0 Å². The number of furan rings is 1. The van der Waals surface area contributed by atoms with Gasteiger partial charge in [-0.2, -0.15) is 0 Å². The van der Waals surface area contributed by atoms with E-state index in [4.69, 9.17) is 10.2 Å². The summed E-state index contributed by atoms with van der Waals surface area (Å²) in [6, 6.07) is 9.98. The van der Waals surface area contributed by atoms with Crippen molar-refractivity contribution in [1.82, 2.24) is 4.90 Å². The minimum Gasteiger partial charge on any atom is -0.466 e. The van der Waals surface area contributed by atoms with E-state index in [1.165, 1.54) is 5.56 Å². The van der Waals surface area contributed by atoms with Gasteiger partial charge in [-0.15, -0.1) is 0 Å². The van der Waals surface area contributed by atoms with Crippen LogP contribution in [0.15, 0.2) is 34.7 Å². The van der Waals surface area contributed by atoms with Crippen molar-refractivity contribution in [2.75, 3.05) is 13.1 Å². The Bertz CT molecular complexity index is 675. The van der Waals surface area contributed by atoms with Crippen LogP contribution in [0.1, 0.15) is 39.0 Å². The zero-order valence-corrected chi connectivity index (χ0v) is 12.4. The maximum absolute atomic E-state index is 12.8. The van der Waals surface area contributed by atoms with Crippen molar-refractivity contribution in [1.29, 1.82) is 0 Å². The van der Waals surface area contributed by atoms with E-state index in [1.807, 2.05) is 36.9 Å². The fraction of sp³-hybridized carbons (Fsp3) is 0.353. The third-order valence-corrected chi connectivity index (χ3v) is 4.17. The van der Waals surface area contributed by atoms with E-state index < -0.39 is 0 Å². The fourth-order valence-corrected chi connectivity index (χ4v) is 3.15. The molecule has 1 aliphatic heterocycles. The first-order valence-corrected chi connectivity index (χ1v) is 7.27. The van der Waals surface area contributed by atoms with E-state index in [0.717, 1.165) is 17.7 Å². The van der Waals surface area contributed by atoms with Crippen molar-refractivity contribution in [3.8, 4) is 0 Å². The van der Waals surface area contributed by atoms with Gasteiger partial charge in [-0.05, 0) is 37.5 Å². The van der Waals surface area contributed by atoms with Gasteiger partial charge in [0.25, 0.3) is 5.91 Å². The Balaban J connectivity index is 1.96. The SMILES string of the molecule is Cc1cc(C(=O)N2CCc3ccccc3C2CN)c(C)o1. The second kappa shape index (κ2) is 5.37. The van der Waals surface area contributed by atoms with E-state index in [0.29, 0.717) is 24.4 Å². The van der Waals surface area contributed by atoms with Crippen molar-refractivity contribution in [2.24, 2.45) is 5.73 Å². The Hall–Kier alpha value is -2.07. The van der Waals surface area contributed by atoms with Crippen LogP contribution in [0.5, 0.6) is 0 Å². The van der Waals surface area contributed by atoms with Gasteiger partial charge in [0.1, 0.15) is 11.5 Å². The van der Waals surface area contributed by atoms with Crippen LogP contribution in [0.4, 0.5) is 0 Å². The van der Waals surface area contributed by atoms with Gasteiger partial charge in [0.2, 0.25) is 0 Å². The van der Waals surface area contributed by atoms with Crippen LogP contribution >= 0.6 is 0 Å². The number of rotatable bonds is 2. The van der Waals surface area contributed by atoms with Crippen LogP contribution in [0.2, 0.25) is 0 Å². The van der Waals surface area contributed by atoms with Crippen LogP contribution in [-0.2, 0) is 6.42 Å². The quantitative estimate of drug-likeness (QED) is 0.922. The highest BCUT2D eigenvalue weighted by Crippen LogP contribution is 2.31. The van der Waals surface area contributed by atoms with E-state index in [-0.39, 0.29) is 11.9 Å². The lowest BCUT2D eigenvalue weighted by atomic mass is 9.92. The summed E-state index contributed by atoms with van der Waals surface area (Å²) in [6.45, 7) is 4.81. The highest BCUT2D eigenvalue weighted by atomic mass is 16.3. The molecule has 0 saturated heterocycles. The lowest BCUT2D eigenvalue weighted by molar-refractivity contribution is 0.0666. The summed E-state index contributed by atoms with van der Waals surface area (Å²) in [5, 5.41) is 0. The molecule has 21 heavy (non-hydrogen) atoms. The van der Waals surface area contributed by atoms with Crippen molar-refractivity contribution in [2.45, 2.75) is 26.3 Å². The fourth-order valence-electron chi connectivity index (χ4n) is 3.15. The standard InChI is InChI=1S/C17H20N2O2/c1-11-9-15(12(2)21-11)17(20)19-8-7-13-5-3-4-6-14(13)16(19)10-18/h3-6,9,16H,7-8,10,18H2,1-2H3. The smallest absolute Gasteiger partial charge is 0.257 e. The van der Waals surface area contributed by atoms with Gasteiger partial charge in [-0.3, -0.25) is 4.79 Å². The number of amides is 1. The third kappa shape index (κ3) is 2.36. The molecular formula is C17H20N2O2. The maximum atomic E-state index is 12.8. The average molecular weight is 284 g/mol. The van der Waals surface area contributed by atoms with E-state index >= 15 is 0 Å². The van der Waals surface area contributed by atoms with Gasteiger partial charge in [0.05, 0.1) is 11.6 Å². The second-order valence-corrected chi connectivity index (χ2v) is 5.53. The normalized spacial score (nSPS) is 17.7. The number of hydrogen-bond donors (Lipinski definition) is 1. The van der Waals surface area contributed by atoms with E-state index in [2.05, 4.69) is 12.1 Å². The topological polar surface area (TPSA) is 59.5 Å². The molecule has 2 N–H and O–H groups in total. The molecule has 1 aliphatic rings. The molecule has 2 heterocycles. The molecule has 4 heteroatoms. The predicted octanol–water partition coefficient (Wildman–Crippen LogP) is 2.59. The number of carbonyl (C=O) groups is 1. The van der Waals surface area contributed by atoms with Crippen LogP contribution in [0, 0.1) is 13.8 Å². The molecule has 4 nitrogen and oxygen atoms in total. The summed E-state index contributed by atoms with van der Waals surface area (Å²) in [5.74, 6) is 1.44. The summed E-state index contributed by atoms with van der Waals surface area (Å²) in [5.41, 5.74) is 9.05. The number of nitrogens with two attached hydrogens (primary N) is 1. The largest absolute Gasteiger partial charge is 0.466 e. The molecule has 0 fully saturated rings. The van der Waals surface area contributed by atoms with Crippen LogP contribution in [0.25, 0.3) is 0 Å². The first kappa shape index (κ1) is 13.9. The summed E-state index contributed by atoms with van der Waals surface area (Å²) in [6.07, 6.45) is 0.869. The molecule has 1 aromatic carbocycles. The molecule has 1 aromatic heterocycles. The second-order valence-electron chi connectivity index (χ2n) is 5.53. The Kier molecular flexibility index (Phi) is 3.55. The van der Waals surface area contributed by atoms with E-state index in [1.54, 1.807) is 0 Å². The van der Waals surface area contributed by atoms with Gasteiger partial charge in [0.15, 0.2) is 0 Å². The molecule has 0 radical (unpaired) electrons. The zero-order chi connectivity index (χ0) is 15.0. The Morgan fingerprint density at radius 1 is 1.38 bits per heavy atom. The number of fused-ring (bicyclic) bond motifs is 1. The zero-order valence-electron chi connectivity index (χ0n) is 12.4. The molecule has 0 bridgehead atoms. The highest BCUT2D eigenvalue weighted by Gasteiger charge is 2.31. The molecule has 3 rings (SSSR count). The summed E-state index contributed by atoms with van der Waals surface area (Å²) in [7, 11) is 0. The van der Waals surface area contributed by atoms with E-state index in [9.17, 15) is 4.79 Å². The maximum Gasteiger partial charge on any atom is 0.257 e. The van der Waals surface area contributed by atoms with Gasteiger partial charge in [0, 0.05) is 13.1 Å². The molecule has 1 amide bonds. The molecule has 1 unspecified atom stereocenters. The molecule has 2 aromatic rings. The molecule has 0 saturated carbocycles. The van der Waals surface area contributed by atoms with Crippen molar-refractivity contribution >= 4 is 5.91 Å². The van der Waals surface area contributed by atoms with Crippen LogP contribution in [-0.4, -0.2) is 23.9 Å². The average Bonchev–Trinajstić information content (AvgIpc) is 2.84. The first-order chi connectivity index (χ1) is 10.1. The summed E-state index contributed by atoms with van der Waals surface area (Å²) < 4.78 is 5.49. The lowest BCUT2D eigenvalue weighted by Crippen LogP contribution is -2.43. The van der Waals surface area contributed by atoms with Gasteiger partial charge in [-0.1, -0.05) is 24.3 Å². The monoisotopic (exact) mass is 284 g/mol. The van der Waals surface area contributed by atoms with Gasteiger partial charge in [-0.25, -0.2) is 0 Å². The number of hydrogen-bond acceptors (Lipinski definition) is 3. The number of aryl methyl sites for hydroxylation is 2. The van der Waals surface area contributed by atoms with Crippen molar-refractivity contribution < 1.29 is 9.21 Å². The van der Waals surface area contributed by atoms with Gasteiger partial charge >= 0.3 is 0 Å². The lowest BCUT2D eigenvalue weighted by Gasteiger charge is -2.36. The van der Waals surface area contributed by atoms with Crippen LogP contribution < -0.4 is 5.73 Å². The minimum atomic E-state index is -0.0583. The summed E-state index contributed by atoms with van der Waals surface area (Å²) >= 11 is 0. The molecule has 1 atom stereocenters. The summed E-state index contributed by atoms with van der Waals surface area (Å²) in [4.78, 5) is 14.7. The minimum absolute atomic E-state index is 0.00861. The van der Waals surface area contributed by atoms with Crippen molar-refractivity contribution in [3.05, 3.63) is 58.5 Å². The number of carbonyl (C=O) groups excluding carboxylic acids is 1. The molecule has 0 spiro atoms.